The standard InChI is InChI=1S/C26H32O2S/c1-16(19-11-12-23-21(14-19)5-4-6-25(23)27)13-22-10-8-18-7-9-20(17(2)29-3)15-24(18)26(22)28/h7,9,11-12,14-17,22,26,28H,4-6,8,10,13H2,1-3H3. The van der Waals surface area contributed by atoms with Gasteiger partial charge in [-0.2, -0.15) is 11.8 Å². The third-order valence-electron chi connectivity index (χ3n) is 7.05. The molecule has 0 aromatic heterocycles. The van der Waals surface area contributed by atoms with Crippen LogP contribution in [-0.4, -0.2) is 17.1 Å². The minimum Gasteiger partial charge on any atom is -0.388 e. The average Bonchev–Trinajstić information content (AvgIpc) is 2.75. The monoisotopic (exact) mass is 408 g/mol. The van der Waals surface area contributed by atoms with Gasteiger partial charge in [0.15, 0.2) is 5.78 Å². The second-order valence-corrected chi connectivity index (χ2v) is 10.1. The second kappa shape index (κ2) is 8.65. The number of aliphatic hydroxyl groups excluding tert-OH is 1. The summed E-state index contributed by atoms with van der Waals surface area (Å²) in [6, 6.07) is 13.1. The number of hydrogen-bond donors (Lipinski definition) is 1. The number of aryl methyl sites for hydroxylation is 2. The summed E-state index contributed by atoms with van der Waals surface area (Å²) >= 11 is 1.84. The van der Waals surface area contributed by atoms with Gasteiger partial charge in [0.2, 0.25) is 0 Å². The van der Waals surface area contributed by atoms with E-state index in [0.29, 0.717) is 23.4 Å². The van der Waals surface area contributed by atoms with E-state index in [4.69, 9.17) is 0 Å². The highest BCUT2D eigenvalue weighted by atomic mass is 32.2. The van der Waals surface area contributed by atoms with Crippen molar-refractivity contribution in [3.63, 3.8) is 0 Å². The van der Waals surface area contributed by atoms with Crippen molar-refractivity contribution in [2.75, 3.05) is 6.26 Å². The predicted molar refractivity (Wildman–Crippen MR) is 122 cm³/mol. The summed E-state index contributed by atoms with van der Waals surface area (Å²) in [5.41, 5.74) is 7.21. The maximum atomic E-state index is 12.1. The molecule has 0 saturated heterocycles. The zero-order valence-corrected chi connectivity index (χ0v) is 18.6. The smallest absolute Gasteiger partial charge is 0.163 e. The number of fused-ring (bicyclic) bond motifs is 2. The lowest BCUT2D eigenvalue weighted by Crippen LogP contribution is -2.22. The SMILES string of the molecule is CSC(C)c1ccc2c(c1)C(O)C(CC(C)c1ccc3c(c1)CCCC3=O)CC2. The first-order valence-corrected chi connectivity index (χ1v) is 12.3. The van der Waals surface area contributed by atoms with Crippen LogP contribution in [-0.2, 0) is 12.8 Å². The molecule has 3 heteroatoms. The molecule has 2 nitrogen and oxygen atoms in total. The highest BCUT2D eigenvalue weighted by molar-refractivity contribution is 7.98. The Bertz CT molecular complexity index is 904. The molecule has 4 unspecified atom stereocenters. The average molecular weight is 409 g/mol. The summed E-state index contributed by atoms with van der Waals surface area (Å²) in [7, 11) is 0. The van der Waals surface area contributed by atoms with Crippen molar-refractivity contribution in [1.82, 2.24) is 0 Å². The fourth-order valence-corrected chi connectivity index (χ4v) is 5.49. The normalized spacial score (nSPS) is 23.2. The number of rotatable bonds is 5. The van der Waals surface area contributed by atoms with Crippen molar-refractivity contribution >= 4 is 17.5 Å². The first kappa shape index (κ1) is 20.7. The van der Waals surface area contributed by atoms with Crippen LogP contribution < -0.4 is 0 Å². The van der Waals surface area contributed by atoms with Gasteiger partial charge in [0.1, 0.15) is 0 Å². The molecule has 2 aromatic rings. The van der Waals surface area contributed by atoms with E-state index in [-0.39, 0.29) is 12.0 Å². The van der Waals surface area contributed by atoms with Gasteiger partial charge in [-0.25, -0.2) is 0 Å². The number of thioether (sulfide) groups is 1. The Kier molecular flexibility index (Phi) is 6.17. The van der Waals surface area contributed by atoms with E-state index < -0.39 is 0 Å². The van der Waals surface area contributed by atoms with E-state index in [1.807, 2.05) is 17.8 Å². The van der Waals surface area contributed by atoms with Gasteiger partial charge in [-0.1, -0.05) is 43.3 Å². The van der Waals surface area contributed by atoms with Crippen molar-refractivity contribution < 1.29 is 9.90 Å². The topological polar surface area (TPSA) is 37.3 Å². The van der Waals surface area contributed by atoms with E-state index in [0.717, 1.165) is 43.2 Å². The highest BCUT2D eigenvalue weighted by Gasteiger charge is 2.30. The molecule has 154 valence electrons. The number of ketones is 1. The lowest BCUT2D eigenvalue weighted by Gasteiger charge is -2.33. The Balaban J connectivity index is 1.51. The van der Waals surface area contributed by atoms with Crippen LogP contribution >= 0.6 is 11.8 Å². The third kappa shape index (κ3) is 4.18. The number of benzene rings is 2. The lowest BCUT2D eigenvalue weighted by molar-refractivity contribution is 0.0849. The summed E-state index contributed by atoms with van der Waals surface area (Å²) in [5.74, 6) is 0.960. The molecule has 2 aromatic carbocycles. The zero-order chi connectivity index (χ0) is 20.5. The molecule has 0 fully saturated rings. The van der Waals surface area contributed by atoms with Gasteiger partial charge in [-0.05, 0) is 84.9 Å². The maximum Gasteiger partial charge on any atom is 0.163 e. The van der Waals surface area contributed by atoms with E-state index in [1.165, 1.54) is 22.3 Å². The maximum absolute atomic E-state index is 12.1. The van der Waals surface area contributed by atoms with E-state index in [2.05, 4.69) is 50.4 Å². The van der Waals surface area contributed by atoms with Crippen LogP contribution in [0.2, 0.25) is 0 Å². The van der Waals surface area contributed by atoms with E-state index in [1.54, 1.807) is 0 Å². The molecular formula is C26H32O2S. The van der Waals surface area contributed by atoms with Crippen molar-refractivity contribution in [3.8, 4) is 0 Å². The van der Waals surface area contributed by atoms with Crippen LogP contribution in [0.15, 0.2) is 36.4 Å². The summed E-state index contributed by atoms with van der Waals surface area (Å²) in [6.07, 6.45) is 7.50. The van der Waals surface area contributed by atoms with Crippen LogP contribution in [0, 0.1) is 5.92 Å². The summed E-state index contributed by atoms with van der Waals surface area (Å²) in [5, 5.41) is 11.6. The Morgan fingerprint density at radius 3 is 2.62 bits per heavy atom. The Hall–Kier alpha value is -1.58. The summed E-state index contributed by atoms with van der Waals surface area (Å²) < 4.78 is 0. The molecule has 4 rings (SSSR count). The van der Waals surface area contributed by atoms with E-state index in [9.17, 15) is 9.90 Å². The minimum absolute atomic E-state index is 0.287. The Labute approximate surface area is 179 Å². The molecule has 0 spiro atoms. The number of carbonyl (C=O) groups excluding carboxylic acids is 1. The fourth-order valence-electron chi connectivity index (χ4n) is 5.07. The van der Waals surface area contributed by atoms with Crippen molar-refractivity contribution in [2.24, 2.45) is 5.92 Å². The summed E-state index contributed by atoms with van der Waals surface area (Å²) in [4.78, 5) is 12.1. The Morgan fingerprint density at radius 2 is 1.83 bits per heavy atom. The molecule has 2 aliphatic carbocycles. The molecule has 1 N–H and O–H groups in total. The summed E-state index contributed by atoms with van der Waals surface area (Å²) in [6.45, 7) is 4.49. The lowest BCUT2D eigenvalue weighted by atomic mass is 9.75. The van der Waals surface area contributed by atoms with Gasteiger partial charge >= 0.3 is 0 Å². The van der Waals surface area contributed by atoms with Crippen LogP contribution in [0.1, 0.15) is 95.0 Å². The Morgan fingerprint density at radius 1 is 1.03 bits per heavy atom. The minimum atomic E-state index is -0.380. The van der Waals surface area contributed by atoms with Crippen molar-refractivity contribution in [3.05, 3.63) is 69.8 Å². The molecule has 2 aliphatic rings. The van der Waals surface area contributed by atoms with Gasteiger partial charge < -0.3 is 5.11 Å². The van der Waals surface area contributed by atoms with Gasteiger partial charge in [-0.3, -0.25) is 4.79 Å². The molecule has 0 saturated carbocycles. The molecular weight excluding hydrogens is 376 g/mol. The molecule has 4 atom stereocenters. The highest BCUT2D eigenvalue weighted by Crippen LogP contribution is 2.41. The number of carbonyl (C=O) groups is 1. The fraction of sp³-hybridized carbons (Fsp3) is 0.500. The first-order valence-electron chi connectivity index (χ1n) is 11.0. The van der Waals surface area contributed by atoms with Gasteiger partial charge in [0.05, 0.1) is 6.10 Å². The number of aliphatic hydroxyl groups is 1. The second-order valence-electron chi connectivity index (χ2n) is 8.91. The molecule has 0 radical (unpaired) electrons. The molecule has 0 heterocycles. The molecule has 0 amide bonds. The van der Waals surface area contributed by atoms with Crippen LogP contribution in [0.5, 0.6) is 0 Å². The van der Waals surface area contributed by atoms with Crippen LogP contribution in [0.25, 0.3) is 0 Å². The van der Waals surface area contributed by atoms with Crippen molar-refractivity contribution in [1.29, 1.82) is 0 Å². The quantitative estimate of drug-likeness (QED) is 0.620. The van der Waals surface area contributed by atoms with Gasteiger partial charge in [-0.15, -0.1) is 0 Å². The zero-order valence-electron chi connectivity index (χ0n) is 17.8. The molecule has 0 bridgehead atoms. The largest absolute Gasteiger partial charge is 0.388 e. The third-order valence-corrected chi connectivity index (χ3v) is 8.03. The predicted octanol–water partition coefficient (Wildman–Crippen LogP) is 6.42. The van der Waals surface area contributed by atoms with Crippen molar-refractivity contribution in [2.45, 2.75) is 69.6 Å². The number of hydrogen-bond acceptors (Lipinski definition) is 3. The van der Waals surface area contributed by atoms with Gasteiger partial charge in [0.25, 0.3) is 0 Å². The van der Waals surface area contributed by atoms with Gasteiger partial charge in [0, 0.05) is 17.2 Å². The van der Waals surface area contributed by atoms with E-state index >= 15 is 0 Å². The van der Waals surface area contributed by atoms with Crippen LogP contribution in [0.4, 0.5) is 0 Å². The first-order chi connectivity index (χ1) is 14.0. The molecule has 0 aliphatic heterocycles. The number of Topliss-reactive ketones (excluding diaryl/α,β-unsaturated/α-hetero) is 1. The molecule has 29 heavy (non-hydrogen) atoms. The van der Waals surface area contributed by atoms with Crippen LogP contribution in [0.3, 0.4) is 0 Å².